The number of hydrogen-bond donors (Lipinski definition) is 1. The highest BCUT2D eigenvalue weighted by Gasteiger charge is 2.25. The number of hydrogen-bond acceptors (Lipinski definition) is 3. The first-order valence-electron chi connectivity index (χ1n) is 10.0. The lowest BCUT2D eigenvalue weighted by molar-refractivity contribution is 0.824. The highest BCUT2D eigenvalue weighted by molar-refractivity contribution is 5.81. The molecule has 4 nitrogen and oxygen atoms in total. The van der Waals surface area contributed by atoms with Crippen LogP contribution in [0.3, 0.4) is 0 Å². The Morgan fingerprint density at radius 1 is 0.964 bits per heavy atom. The minimum Gasteiger partial charge on any atom is -0.363 e. The fourth-order valence-corrected chi connectivity index (χ4v) is 4.26. The molecule has 2 heterocycles. The van der Waals surface area contributed by atoms with E-state index in [1.165, 1.54) is 22.4 Å². The number of nitrogens with zero attached hydrogens (tertiary/aromatic N) is 3. The Bertz CT molecular complexity index is 1130. The van der Waals surface area contributed by atoms with Crippen LogP contribution < -0.4 is 5.32 Å². The van der Waals surface area contributed by atoms with Gasteiger partial charge in [0.1, 0.15) is 5.82 Å². The van der Waals surface area contributed by atoms with Gasteiger partial charge >= 0.3 is 0 Å². The lowest BCUT2D eigenvalue weighted by atomic mass is 10.1. The zero-order valence-corrected chi connectivity index (χ0v) is 16.3. The fraction of sp³-hybridized carbons (Fsp3) is 0.250. The SMILES string of the molecule is Cc1nn2c(N[C@@H](C)c3ccccc3)c3c(nc2c1-c1ccccc1)CCC3. The first kappa shape index (κ1) is 17.0. The third-order valence-electron chi connectivity index (χ3n) is 5.68. The van der Waals surface area contributed by atoms with Crippen molar-refractivity contribution < 1.29 is 0 Å². The molecular weight excluding hydrogens is 344 g/mol. The Kier molecular flexibility index (Phi) is 4.12. The predicted octanol–water partition coefficient (Wildman–Crippen LogP) is 5.37. The third-order valence-corrected chi connectivity index (χ3v) is 5.68. The average Bonchev–Trinajstić information content (AvgIpc) is 3.33. The third kappa shape index (κ3) is 2.76. The molecule has 1 aliphatic rings. The minimum absolute atomic E-state index is 0.196. The van der Waals surface area contributed by atoms with E-state index in [1.54, 1.807) is 0 Å². The van der Waals surface area contributed by atoms with Crippen molar-refractivity contribution in [1.29, 1.82) is 0 Å². The molecule has 0 saturated heterocycles. The molecule has 1 atom stereocenters. The van der Waals surface area contributed by atoms with E-state index < -0.39 is 0 Å². The highest BCUT2D eigenvalue weighted by Crippen LogP contribution is 2.35. The minimum atomic E-state index is 0.196. The molecule has 4 aromatic rings. The van der Waals surface area contributed by atoms with Crippen LogP contribution in [-0.4, -0.2) is 14.6 Å². The highest BCUT2D eigenvalue weighted by atomic mass is 15.3. The molecule has 2 aromatic heterocycles. The first-order valence-corrected chi connectivity index (χ1v) is 10.0. The van der Waals surface area contributed by atoms with E-state index in [9.17, 15) is 0 Å². The maximum absolute atomic E-state index is 5.05. The van der Waals surface area contributed by atoms with Gasteiger partial charge in [-0.15, -0.1) is 0 Å². The Balaban J connectivity index is 1.68. The summed E-state index contributed by atoms with van der Waals surface area (Å²) < 4.78 is 2.03. The number of anilines is 1. The van der Waals surface area contributed by atoms with Gasteiger partial charge in [-0.05, 0) is 44.2 Å². The van der Waals surface area contributed by atoms with E-state index in [0.717, 1.165) is 42.0 Å². The second kappa shape index (κ2) is 6.79. The molecule has 0 radical (unpaired) electrons. The summed E-state index contributed by atoms with van der Waals surface area (Å²) in [6.45, 7) is 4.28. The maximum atomic E-state index is 5.05. The Morgan fingerprint density at radius 2 is 1.68 bits per heavy atom. The first-order chi connectivity index (χ1) is 13.7. The molecule has 1 aliphatic carbocycles. The van der Waals surface area contributed by atoms with Crippen LogP contribution >= 0.6 is 0 Å². The predicted molar refractivity (Wildman–Crippen MR) is 114 cm³/mol. The number of nitrogens with one attached hydrogen (secondary N) is 1. The summed E-state index contributed by atoms with van der Waals surface area (Å²) in [6, 6.07) is 21.2. The molecule has 0 saturated carbocycles. The molecule has 4 heteroatoms. The largest absolute Gasteiger partial charge is 0.363 e. The molecule has 1 N–H and O–H groups in total. The summed E-state index contributed by atoms with van der Waals surface area (Å²) >= 11 is 0. The van der Waals surface area contributed by atoms with Crippen molar-refractivity contribution in [3.05, 3.63) is 83.2 Å². The van der Waals surface area contributed by atoms with Gasteiger partial charge < -0.3 is 5.32 Å². The van der Waals surface area contributed by atoms with Crippen molar-refractivity contribution in [2.75, 3.05) is 5.32 Å². The monoisotopic (exact) mass is 368 g/mol. The number of aryl methyl sites for hydroxylation is 2. The van der Waals surface area contributed by atoms with Gasteiger partial charge in [0.05, 0.1) is 5.69 Å². The number of benzene rings is 2. The summed E-state index contributed by atoms with van der Waals surface area (Å²) in [6.07, 6.45) is 3.25. The van der Waals surface area contributed by atoms with Crippen LogP contribution in [0.15, 0.2) is 60.7 Å². The zero-order valence-electron chi connectivity index (χ0n) is 16.3. The Hall–Kier alpha value is -3.14. The molecule has 0 bridgehead atoms. The second-order valence-corrected chi connectivity index (χ2v) is 7.58. The van der Waals surface area contributed by atoms with E-state index in [2.05, 4.69) is 73.8 Å². The van der Waals surface area contributed by atoms with Crippen molar-refractivity contribution in [1.82, 2.24) is 14.6 Å². The van der Waals surface area contributed by atoms with Gasteiger partial charge in [0.25, 0.3) is 0 Å². The van der Waals surface area contributed by atoms with Crippen molar-refractivity contribution in [2.45, 2.75) is 39.2 Å². The van der Waals surface area contributed by atoms with Crippen molar-refractivity contribution in [3.8, 4) is 11.1 Å². The summed E-state index contributed by atoms with van der Waals surface area (Å²) in [7, 11) is 0. The van der Waals surface area contributed by atoms with E-state index in [0.29, 0.717) is 0 Å². The normalized spacial score (nSPS) is 14.2. The van der Waals surface area contributed by atoms with Crippen molar-refractivity contribution in [2.24, 2.45) is 0 Å². The number of rotatable bonds is 4. The number of aromatic nitrogens is 3. The molecule has 0 aliphatic heterocycles. The lowest BCUT2D eigenvalue weighted by Crippen LogP contribution is -2.14. The van der Waals surface area contributed by atoms with Crippen molar-refractivity contribution in [3.63, 3.8) is 0 Å². The summed E-state index contributed by atoms with van der Waals surface area (Å²) in [4.78, 5) is 5.05. The molecule has 5 rings (SSSR count). The van der Waals surface area contributed by atoms with E-state index >= 15 is 0 Å². The van der Waals surface area contributed by atoms with Crippen LogP contribution in [-0.2, 0) is 12.8 Å². The van der Waals surface area contributed by atoms with Crippen LogP contribution in [0, 0.1) is 6.92 Å². The molecule has 140 valence electrons. The van der Waals surface area contributed by atoms with Crippen LogP contribution in [0.5, 0.6) is 0 Å². The van der Waals surface area contributed by atoms with Gasteiger partial charge in [-0.2, -0.15) is 9.61 Å². The molecule has 0 unspecified atom stereocenters. The average molecular weight is 368 g/mol. The maximum Gasteiger partial charge on any atom is 0.165 e. The quantitative estimate of drug-likeness (QED) is 0.527. The smallest absolute Gasteiger partial charge is 0.165 e. The summed E-state index contributed by atoms with van der Waals surface area (Å²) in [5, 5.41) is 8.66. The topological polar surface area (TPSA) is 42.2 Å². The van der Waals surface area contributed by atoms with E-state index in [4.69, 9.17) is 10.1 Å². The summed E-state index contributed by atoms with van der Waals surface area (Å²) in [5.41, 5.74) is 8.06. The van der Waals surface area contributed by atoms with Gasteiger partial charge in [-0.3, -0.25) is 0 Å². The fourth-order valence-electron chi connectivity index (χ4n) is 4.26. The zero-order chi connectivity index (χ0) is 19.1. The molecule has 0 fully saturated rings. The molecule has 28 heavy (non-hydrogen) atoms. The van der Waals surface area contributed by atoms with Crippen LogP contribution in [0.25, 0.3) is 16.8 Å². The van der Waals surface area contributed by atoms with Gasteiger partial charge in [-0.25, -0.2) is 4.98 Å². The Labute approximate surface area is 165 Å². The Morgan fingerprint density at radius 3 is 2.43 bits per heavy atom. The van der Waals surface area contributed by atoms with Crippen LogP contribution in [0.1, 0.15) is 41.9 Å². The molecule has 0 amide bonds. The van der Waals surface area contributed by atoms with E-state index in [1.807, 2.05) is 10.6 Å². The van der Waals surface area contributed by atoms with Crippen molar-refractivity contribution >= 4 is 11.5 Å². The standard InChI is InChI=1S/C24H24N4/c1-16(18-10-5-3-6-11-18)25-23-20-14-9-15-21(20)26-24-22(17(2)27-28(23)24)19-12-7-4-8-13-19/h3-8,10-13,16,25H,9,14-15H2,1-2H3/t16-/m0/s1. The molecular formula is C24H24N4. The van der Waals surface area contributed by atoms with E-state index in [-0.39, 0.29) is 6.04 Å². The van der Waals surface area contributed by atoms with Gasteiger partial charge in [0.15, 0.2) is 5.65 Å². The van der Waals surface area contributed by atoms with Crippen LogP contribution in [0.2, 0.25) is 0 Å². The second-order valence-electron chi connectivity index (χ2n) is 7.58. The van der Waals surface area contributed by atoms with Gasteiger partial charge in [0.2, 0.25) is 0 Å². The number of fused-ring (bicyclic) bond motifs is 2. The van der Waals surface area contributed by atoms with Gasteiger partial charge in [0, 0.05) is 22.9 Å². The molecule has 2 aromatic carbocycles. The molecule has 0 spiro atoms. The lowest BCUT2D eigenvalue weighted by Gasteiger charge is -2.19. The van der Waals surface area contributed by atoms with Gasteiger partial charge in [-0.1, -0.05) is 60.7 Å². The van der Waals surface area contributed by atoms with Crippen LogP contribution in [0.4, 0.5) is 5.82 Å². The summed E-state index contributed by atoms with van der Waals surface area (Å²) in [5.74, 6) is 1.10.